The predicted molar refractivity (Wildman–Crippen MR) is 110 cm³/mol. The summed E-state index contributed by atoms with van der Waals surface area (Å²) in [6, 6.07) is 0.890. The van der Waals surface area contributed by atoms with E-state index in [0.29, 0.717) is 18.0 Å². The van der Waals surface area contributed by atoms with E-state index >= 15 is 0 Å². The summed E-state index contributed by atoms with van der Waals surface area (Å²) in [5.41, 5.74) is 0. The Morgan fingerprint density at radius 2 is 1.50 bits per heavy atom. The molecule has 0 radical (unpaired) electrons. The van der Waals surface area contributed by atoms with E-state index in [-0.39, 0.29) is 0 Å². The first kappa shape index (κ1) is 23.5. The maximum absolute atomic E-state index is 4.22. The van der Waals surface area contributed by atoms with E-state index in [4.69, 9.17) is 0 Å². The second-order valence-electron chi connectivity index (χ2n) is 7.56. The monoisotopic (exact) mass is 389 g/mol. The van der Waals surface area contributed by atoms with Crippen LogP contribution in [-0.4, -0.2) is 44.7 Å². The average Bonchev–Trinajstić information content (AvgIpc) is 3.29. The van der Waals surface area contributed by atoms with Gasteiger partial charge in [-0.15, -0.1) is 10.2 Å². The SMILES string of the molecule is Cc1nc(C(C)C)n[nH]1.Cc1nc(C)n(C(C)C)n1.Cc1nncn1C(C)C. The lowest BCUT2D eigenvalue weighted by molar-refractivity contribution is 0.514. The fourth-order valence-electron chi connectivity index (χ4n) is 2.45. The van der Waals surface area contributed by atoms with Gasteiger partial charge in [0.05, 0.1) is 0 Å². The normalized spacial score (nSPS) is 10.8. The molecule has 0 saturated heterocycles. The van der Waals surface area contributed by atoms with Gasteiger partial charge in [0.2, 0.25) is 0 Å². The van der Waals surface area contributed by atoms with E-state index < -0.39 is 0 Å². The summed E-state index contributed by atoms with van der Waals surface area (Å²) >= 11 is 0. The van der Waals surface area contributed by atoms with Gasteiger partial charge >= 0.3 is 0 Å². The van der Waals surface area contributed by atoms with Crippen LogP contribution >= 0.6 is 0 Å². The third kappa shape index (κ3) is 7.21. The highest BCUT2D eigenvalue weighted by atomic mass is 15.4. The van der Waals surface area contributed by atoms with Crippen LogP contribution in [0.25, 0.3) is 0 Å². The van der Waals surface area contributed by atoms with Crippen LogP contribution in [0.2, 0.25) is 0 Å². The Morgan fingerprint density at radius 3 is 1.71 bits per heavy atom. The zero-order chi connectivity index (χ0) is 21.4. The molecule has 0 amide bonds. The molecule has 0 spiro atoms. The Kier molecular flexibility index (Phi) is 8.94. The third-order valence-corrected chi connectivity index (χ3v) is 3.84. The fourth-order valence-corrected chi connectivity index (χ4v) is 2.45. The topological polar surface area (TPSA) is 103 Å². The van der Waals surface area contributed by atoms with E-state index in [1.54, 1.807) is 6.33 Å². The molecule has 9 nitrogen and oxygen atoms in total. The summed E-state index contributed by atoms with van der Waals surface area (Å²) in [4.78, 5) is 8.33. The zero-order valence-corrected chi connectivity index (χ0v) is 18.9. The highest BCUT2D eigenvalue weighted by molar-refractivity contribution is 4.92. The van der Waals surface area contributed by atoms with Crippen LogP contribution in [0.4, 0.5) is 0 Å². The van der Waals surface area contributed by atoms with Crippen molar-refractivity contribution in [3.8, 4) is 0 Å². The van der Waals surface area contributed by atoms with E-state index in [9.17, 15) is 0 Å². The van der Waals surface area contributed by atoms with Crippen LogP contribution in [0, 0.1) is 27.7 Å². The van der Waals surface area contributed by atoms with Crippen molar-refractivity contribution in [3.63, 3.8) is 0 Å². The molecule has 28 heavy (non-hydrogen) atoms. The van der Waals surface area contributed by atoms with Gasteiger partial charge in [-0.05, 0) is 55.4 Å². The van der Waals surface area contributed by atoms with Crippen molar-refractivity contribution in [2.24, 2.45) is 0 Å². The van der Waals surface area contributed by atoms with Crippen molar-refractivity contribution in [2.75, 3.05) is 0 Å². The minimum Gasteiger partial charge on any atom is -0.315 e. The van der Waals surface area contributed by atoms with Crippen molar-refractivity contribution in [1.29, 1.82) is 0 Å². The molecule has 3 heterocycles. The summed E-state index contributed by atoms with van der Waals surface area (Å²) < 4.78 is 3.95. The van der Waals surface area contributed by atoms with Gasteiger partial charge in [-0.2, -0.15) is 10.2 Å². The van der Waals surface area contributed by atoms with Crippen LogP contribution in [0.3, 0.4) is 0 Å². The first-order valence-electron chi connectivity index (χ1n) is 9.67. The largest absolute Gasteiger partial charge is 0.315 e. The van der Waals surface area contributed by atoms with Gasteiger partial charge in [-0.3, -0.25) is 5.10 Å². The predicted octanol–water partition coefficient (Wildman–Crippen LogP) is 3.88. The molecule has 0 aliphatic heterocycles. The standard InChI is InChI=1S/C7H13N3.2C6H11N3/c1-5(2)10-7(4)8-6(3)9-10;1-5(2)9-4-7-8-6(9)3;1-4(2)6-7-5(3)8-9-6/h5H,1-4H3;4-5H,1-3H3;4H,1-3H3,(H,7,8,9). The Hall–Kier alpha value is -2.58. The smallest absolute Gasteiger partial charge is 0.153 e. The van der Waals surface area contributed by atoms with E-state index in [1.165, 1.54) is 0 Å². The Morgan fingerprint density at radius 1 is 0.857 bits per heavy atom. The molecule has 3 aromatic heterocycles. The molecule has 1 N–H and O–H groups in total. The number of rotatable bonds is 3. The molecule has 0 unspecified atom stereocenters. The maximum atomic E-state index is 4.22. The van der Waals surface area contributed by atoms with Crippen molar-refractivity contribution in [3.05, 3.63) is 35.4 Å². The molecule has 0 atom stereocenters. The molecule has 0 aliphatic carbocycles. The Bertz CT molecular complexity index is 824. The molecule has 9 heteroatoms. The average molecular weight is 390 g/mol. The molecule has 0 bridgehead atoms. The van der Waals surface area contributed by atoms with Gasteiger partial charge in [-0.25, -0.2) is 14.6 Å². The number of nitrogens with one attached hydrogen (secondary N) is 1. The van der Waals surface area contributed by atoms with Crippen LogP contribution in [-0.2, 0) is 0 Å². The van der Waals surface area contributed by atoms with Gasteiger partial charge in [0.15, 0.2) is 5.82 Å². The lowest BCUT2D eigenvalue weighted by Crippen LogP contribution is -2.04. The van der Waals surface area contributed by atoms with Gasteiger partial charge in [0.1, 0.15) is 29.6 Å². The highest BCUT2D eigenvalue weighted by Crippen LogP contribution is 2.06. The third-order valence-electron chi connectivity index (χ3n) is 3.84. The lowest BCUT2D eigenvalue weighted by atomic mass is 10.2. The van der Waals surface area contributed by atoms with Crippen molar-refractivity contribution < 1.29 is 0 Å². The maximum Gasteiger partial charge on any atom is 0.153 e. The number of H-pyrrole nitrogens is 1. The van der Waals surface area contributed by atoms with Crippen LogP contribution in [0.1, 0.15) is 88.7 Å². The van der Waals surface area contributed by atoms with Crippen LogP contribution in [0.5, 0.6) is 0 Å². The first-order valence-corrected chi connectivity index (χ1v) is 9.67. The number of aryl methyl sites for hydroxylation is 4. The highest BCUT2D eigenvalue weighted by Gasteiger charge is 2.04. The molecule has 0 fully saturated rings. The molecule has 3 aromatic rings. The number of hydrogen-bond donors (Lipinski definition) is 1. The lowest BCUT2D eigenvalue weighted by Gasteiger charge is -2.05. The Balaban J connectivity index is 0.000000210. The zero-order valence-electron chi connectivity index (χ0n) is 18.9. The number of aromatic nitrogens is 9. The van der Waals surface area contributed by atoms with Crippen LogP contribution < -0.4 is 0 Å². The molecular formula is C19H35N9. The second-order valence-corrected chi connectivity index (χ2v) is 7.56. The summed E-state index contributed by atoms with van der Waals surface area (Å²) in [5, 5.41) is 18.6. The summed E-state index contributed by atoms with van der Waals surface area (Å²) in [6.45, 7) is 20.3. The quantitative estimate of drug-likeness (QED) is 0.729. The molecule has 3 rings (SSSR count). The van der Waals surface area contributed by atoms with E-state index in [0.717, 1.165) is 29.1 Å². The first-order chi connectivity index (χ1) is 13.0. The van der Waals surface area contributed by atoms with Crippen molar-refractivity contribution in [2.45, 2.75) is 87.2 Å². The molecule has 0 aliphatic rings. The minimum atomic E-state index is 0.418. The number of nitrogens with zero attached hydrogens (tertiary/aromatic N) is 8. The fraction of sp³-hybridized carbons (Fsp3) is 0.684. The van der Waals surface area contributed by atoms with Gasteiger partial charge in [-0.1, -0.05) is 13.8 Å². The summed E-state index contributed by atoms with van der Waals surface area (Å²) in [7, 11) is 0. The van der Waals surface area contributed by atoms with Crippen molar-refractivity contribution >= 4 is 0 Å². The van der Waals surface area contributed by atoms with Gasteiger partial charge < -0.3 is 4.57 Å². The van der Waals surface area contributed by atoms with Gasteiger partial charge in [0, 0.05) is 18.0 Å². The number of hydrogen-bond acceptors (Lipinski definition) is 6. The molecular weight excluding hydrogens is 354 g/mol. The second kappa shape index (κ2) is 10.7. The van der Waals surface area contributed by atoms with E-state index in [2.05, 4.69) is 77.0 Å². The summed E-state index contributed by atoms with van der Waals surface area (Å²) in [5.74, 6) is 5.03. The van der Waals surface area contributed by atoms with E-state index in [1.807, 2.05) is 36.9 Å². The number of aromatic amines is 1. The van der Waals surface area contributed by atoms with Crippen molar-refractivity contribution in [1.82, 2.24) is 44.7 Å². The minimum absolute atomic E-state index is 0.418. The summed E-state index contributed by atoms with van der Waals surface area (Å²) in [6.07, 6.45) is 1.75. The molecule has 156 valence electrons. The molecule has 0 aromatic carbocycles. The Labute approximate surface area is 168 Å². The van der Waals surface area contributed by atoms with Crippen LogP contribution in [0.15, 0.2) is 6.33 Å². The van der Waals surface area contributed by atoms with Gasteiger partial charge in [0.25, 0.3) is 0 Å². The molecule has 0 saturated carbocycles.